The topological polar surface area (TPSA) is 87.5 Å². The number of piperidine rings is 1. The van der Waals surface area contributed by atoms with E-state index in [0.717, 1.165) is 32.5 Å². The minimum atomic E-state index is -3.45. The average molecular weight is 312 g/mol. The first-order valence-corrected chi connectivity index (χ1v) is 8.76. The van der Waals surface area contributed by atoms with Gasteiger partial charge in [0.2, 0.25) is 10.0 Å². The maximum absolute atomic E-state index is 11.9. The molecule has 1 heterocycles. The van der Waals surface area contributed by atoms with Crippen LogP contribution in [0.2, 0.25) is 0 Å². The van der Waals surface area contributed by atoms with E-state index in [0.29, 0.717) is 17.4 Å². The molecule has 4 N–H and O–H groups in total. The van der Waals surface area contributed by atoms with Crippen molar-refractivity contribution in [1.82, 2.24) is 9.62 Å². The number of nitrogens with two attached hydrogens (primary N) is 1. The largest absolute Gasteiger partial charge is 0.397 e. The van der Waals surface area contributed by atoms with Gasteiger partial charge in [0.15, 0.2) is 0 Å². The van der Waals surface area contributed by atoms with Crippen LogP contribution in [0.5, 0.6) is 0 Å². The molecule has 1 saturated heterocycles. The molecule has 0 amide bonds. The van der Waals surface area contributed by atoms with Crippen LogP contribution in [0.15, 0.2) is 23.1 Å². The first kappa shape index (κ1) is 16.1. The van der Waals surface area contributed by atoms with Gasteiger partial charge in [-0.1, -0.05) is 6.92 Å². The molecule has 0 aromatic heterocycles. The molecular formula is C14H24N4O2S. The number of rotatable bonds is 5. The predicted octanol–water partition coefficient (Wildman–Crippen LogP) is 1.07. The van der Waals surface area contributed by atoms with E-state index in [-0.39, 0.29) is 4.90 Å². The van der Waals surface area contributed by atoms with Gasteiger partial charge in [-0.2, -0.15) is 0 Å². The van der Waals surface area contributed by atoms with Crippen molar-refractivity contribution >= 4 is 21.4 Å². The Labute approximate surface area is 126 Å². The number of sulfonamides is 1. The predicted molar refractivity (Wildman–Crippen MR) is 85.9 cm³/mol. The highest BCUT2D eigenvalue weighted by atomic mass is 32.2. The van der Waals surface area contributed by atoms with Gasteiger partial charge < -0.3 is 16.0 Å². The van der Waals surface area contributed by atoms with E-state index in [2.05, 4.69) is 21.9 Å². The Morgan fingerprint density at radius 1 is 1.43 bits per heavy atom. The van der Waals surface area contributed by atoms with E-state index in [4.69, 9.17) is 5.73 Å². The van der Waals surface area contributed by atoms with Gasteiger partial charge in [0.1, 0.15) is 0 Å². The molecule has 0 saturated carbocycles. The van der Waals surface area contributed by atoms with Crippen LogP contribution < -0.4 is 15.8 Å². The third-order valence-corrected chi connectivity index (χ3v) is 5.33. The van der Waals surface area contributed by atoms with E-state index in [1.54, 1.807) is 12.1 Å². The van der Waals surface area contributed by atoms with Gasteiger partial charge in [0, 0.05) is 12.6 Å². The number of likely N-dealkylation sites (N-methyl/N-ethyl adjacent to an activating group) is 1. The summed E-state index contributed by atoms with van der Waals surface area (Å²) in [4.78, 5) is 2.61. The van der Waals surface area contributed by atoms with Gasteiger partial charge in [-0.05, 0) is 51.2 Å². The van der Waals surface area contributed by atoms with Crippen LogP contribution in [0.4, 0.5) is 11.4 Å². The normalized spacial score (nSPS) is 20.4. The number of benzene rings is 1. The smallest absolute Gasteiger partial charge is 0.240 e. The third kappa shape index (κ3) is 3.87. The standard InChI is InChI=1S/C14H24N4O2S/c1-3-18-8-4-5-11(10-18)17-14-9-12(6-7-13(14)15)21(19,20)16-2/h6-7,9,11,16-17H,3-5,8,10,15H2,1-2H3. The van der Waals surface area contributed by atoms with Crippen LogP contribution in [-0.4, -0.2) is 46.0 Å². The van der Waals surface area contributed by atoms with Crippen molar-refractivity contribution in [2.45, 2.75) is 30.7 Å². The number of anilines is 2. The van der Waals surface area contributed by atoms with Crippen LogP contribution >= 0.6 is 0 Å². The Hall–Kier alpha value is -1.31. The molecule has 1 aromatic rings. The van der Waals surface area contributed by atoms with Crippen molar-refractivity contribution in [2.75, 3.05) is 37.7 Å². The number of likely N-dealkylation sites (tertiary alicyclic amines) is 1. The Kier molecular flexibility index (Phi) is 5.08. The Balaban J connectivity index is 2.18. The van der Waals surface area contributed by atoms with Crippen molar-refractivity contribution < 1.29 is 8.42 Å². The van der Waals surface area contributed by atoms with Gasteiger partial charge in [-0.15, -0.1) is 0 Å². The van der Waals surface area contributed by atoms with Gasteiger partial charge in [0.05, 0.1) is 16.3 Å². The molecule has 1 aliphatic rings. The summed E-state index contributed by atoms with van der Waals surface area (Å²) in [6, 6.07) is 5.05. The lowest BCUT2D eigenvalue weighted by molar-refractivity contribution is 0.227. The summed E-state index contributed by atoms with van der Waals surface area (Å²) in [5.41, 5.74) is 7.22. The van der Waals surface area contributed by atoms with Gasteiger partial charge >= 0.3 is 0 Å². The highest BCUT2D eigenvalue weighted by Gasteiger charge is 2.20. The number of hydrogen-bond donors (Lipinski definition) is 3. The van der Waals surface area contributed by atoms with Crippen LogP contribution in [0, 0.1) is 0 Å². The maximum atomic E-state index is 11.9. The van der Waals surface area contributed by atoms with Gasteiger partial charge in [-0.3, -0.25) is 0 Å². The second-order valence-corrected chi connectivity index (χ2v) is 7.22. The summed E-state index contributed by atoms with van der Waals surface area (Å²) < 4.78 is 26.1. The van der Waals surface area contributed by atoms with Crippen molar-refractivity contribution in [3.05, 3.63) is 18.2 Å². The highest BCUT2D eigenvalue weighted by molar-refractivity contribution is 7.89. The lowest BCUT2D eigenvalue weighted by Crippen LogP contribution is -2.41. The third-order valence-electron chi connectivity index (χ3n) is 3.92. The zero-order valence-electron chi connectivity index (χ0n) is 12.6. The van der Waals surface area contributed by atoms with Crippen molar-refractivity contribution in [1.29, 1.82) is 0 Å². The number of nitrogens with zero attached hydrogens (tertiary/aromatic N) is 1. The van der Waals surface area contributed by atoms with Crippen LogP contribution in [0.25, 0.3) is 0 Å². The molecule has 118 valence electrons. The summed E-state index contributed by atoms with van der Waals surface area (Å²) in [7, 11) is -2.05. The molecule has 2 rings (SSSR count). The van der Waals surface area contributed by atoms with Crippen molar-refractivity contribution in [3.8, 4) is 0 Å². The molecule has 1 aliphatic heterocycles. The molecule has 0 spiro atoms. The fraction of sp³-hybridized carbons (Fsp3) is 0.571. The van der Waals surface area contributed by atoms with Crippen LogP contribution in [-0.2, 0) is 10.0 Å². The average Bonchev–Trinajstić information content (AvgIpc) is 2.49. The van der Waals surface area contributed by atoms with Gasteiger partial charge in [0.25, 0.3) is 0 Å². The van der Waals surface area contributed by atoms with E-state index in [9.17, 15) is 8.42 Å². The highest BCUT2D eigenvalue weighted by Crippen LogP contribution is 2.25. The second kappa shape index (κ2) is 6.64. The number of nitrogens with one attached hydrogen (secondary N) is 2. The molecule has 0 aliphatic carbocycles. The SMILES string of the molecule is CCN1CCCC(Nc2cc(S(=O)(=O)NC)ccc2N)C1. The molecule has 0 radical (unpaired) electrons. The van der Waals surface area contributed by atoms with Gasteiger partial charge in [-0.25, -0.2) is 13.1 Å². The van der Waals surface area contributed by atoms with Crippen molar-refractivity contribution in [2.24, 2.45) is 0 Å². The summed E-state index contributed by atoms with van der Waals surface area (Å²) in [6.07, 6.45) is 2.21. The van der Waals surface area contributed by atoms with Crippen LogP contribution in [0.1, 0.15) is 19.8 Å². The monoisotopic (exact) mass is 312 g/mol. The van der Waals surface area contributed by atoms with E-state index < -0.39 is 10.0 Å². The molecule has 7 heteroatoms. The van der Waals surface area contributed by atoms with E-state index in [1.165, 1.54) is 13.1 Å². The molecule has 1 aromatic carbocycles. The molecular weight excluding hydrogens is 288 g/mol. The summed E-state index contributed by atoms with van der Waals surface area (Å²) in [5, 5.41) is 3.39. The molecule has 21 heavy (non-hydrogen) atoms. The Morgan fingerprint density at radius 3 is 2.86 bits per heavy atom. The number of hydrogen-bond acceptors (Lipinski definition) is 5. The Bertz CT molecular complexity index is 589. The zero-order valence-corrected chi connectivity index (χ0v) is 13.4. The summed E-state index contributed by atoms with van der Waals surface area (Å²) >= 11 is 0. The summed E-state index contributed by atoms with van der Waals surface area (Å²) in [5.74, 6) is 0. The number of nitrogen functional groups attached to an aromatic ring is 1. The summed E-state index contributed by atoms with van der Waals surface area (Å²) in [6.45, 7) is 5.26. The maximum Gasteiger partial charge on any atom is 0.240 e. The lowest BCUT2D eigenvalue weighted by Gasteiger charge is -2.33. The zero-order chi connectivity index (χ0) is 15.5. The Morgan fingerprint density at radius 2 is 2.19 bits per heavy atom. The second-order valence-electron chi connectivity index (χ2n) is 5.33. The molecule has 1 unspecified atom stereocenters. The molecule has 6 nitrogen and oxygen atoms in total. The minimum absolute atomic E-state index is 0.227. The quantitative estimate of drug-likeness (QED) is 0.708. The van der Waals surface area contributed by atoms with E-state index >= 15 is 0 Å². The lowest BCUT2D eigenvalue weighted by atomic mass is 10.1. The molecule has 1 fully saturated rings. The first-order valence-electron chi connectivity index (χ1n) is 7.28. The first-order chi connectivity index (χ1) is 9.96. The molecule has 1 atom stereocenters. The van der Waals surface area contributed by atoms with Crippen LogP contribution in [0.3, 0.4) is 0 Å². The van der Waals surface area contributed by atoms with Crippen molar-refractivity contribution in [3.63, 3.8) is 0 Å². The van der Waals surface area contributed by atoms with E-state index in [1.807, 2.05) is 0 Å². The minimum Gasteiger partial charge on any atom is -0.397 e. The fourth-order valence-electron chi connectivity index (χ4n) is 2.63. The fourth-order valence-corrected chi connectivity index (χ4v) is 3.38. The molecule has 0 bridgehead atoms.